The van der Waals surface area contributed by atoms with Crippen LogP contribution < -0.4 is 16.6 Å². The van der Waals surface area contributed by atoms with Crippen LogP contribution >= 0.6 is 0 Å². The first-order valence-corrected chi connectivity index (χ1v) is 6.33. The first-order valence-electron chi connectivity index (χ1n) is 6.33. The van der Waals surface area contributed by atoms with Gasteiger partial charge < -0.3 is 10.4 Å². The van der Waals surface area contributed by atoms with Crippen LogP contribution in [-0.2, 0) is 16.0 Å². The summed E-state index contributed by atoms with van der Waals surface area (Å²) in [5.74, 6) is 4.60. The SMILES string of the molecule is CC(C)(C)C(=O)N[C@@H](Cc1ccc(O)cc1)C(=O)NN. The second-order valence-corrected chi connectivity index (χ2v) is 5.66. The summed E-state index contributed by atoms with van der Waals surface area (Å²) in [4.78, 5) is 23.7. The molecule has 0 saturated heterocycles. The third-order valence-electron chi connectivity index (χ3n) is 2.82. The second-order valence-electron chi connectivity index (χ2n) is 5.66. The van der Waals surface area contributed by atoms with Crippen molar-refractivity contribution in [2.24, 2.45) is 11.3 Å². The van der Waals surface area contributed by atoms with Gasteiger partial charge in [-0.15, -0.1) is 0 Å². The van der Waals surface area contributed by atoms with E-state index in [9.17, 15) is 14.7 Å². The number of rotatable bonds is 4. The molecule has 0 bridgehead atoms. The van der Waals surface area contributed by atoms with E-state index in [4.69, 9.17) is 5.84 Å². The van der Waals surface area contributed by atoms with Gasteiger partial charge in [0, 0.05) is 11.8 Å². The van der Waals surface area contributed by atoms with E-state index in [-0.39, 0.29) is 11.7 Å². The monoisotopic (exact) mass is 279 g/mol. The summed E-state index contributed by atoms with van der Waals surface area (Å²) in [7, 11) is 0. The molecule has 6 nitrogen and oxygen atoms in total. The number of phenolic OH excluding ortho intramolecular Hbond substituents is 1. The molecule has 1 atom stereocenters. The average molecular weight is 279 g/mol. The number of nitrogens with two attached hydrogens (primary N) is 1. The molecule has 0 aromatic heterocycles. The largest absolute Gasteiger partial charge is 0.508 e. The van der Waals surface area contributed by atoms with Crippen molar-refractivity contribution in [2.45, 2.75) is 33.2 Å². The highest BCUT2D eigenvalue weighted by Crippen LogP contribution is 2.15. The van der Waals surface area contributed by atoms with E-state index in [1.807, 2.05) is 0 Å². The van der Waals surface area contributed by atoms with Gasteiger partial charge in [0.25, 0.3) is 5.91 Å². The van der Waals surface area contributed by atoms with Crippen LogP contribution in [0.3, 0.4) is 0 Å². The minimum atomic E-state index is -0.753. The number of carbonyl (C=O) groups is 2. The molecule has 0 aliphatic rings. The van der Waals surface area contributed by atoms with Crippen molar-refractivity contribution in [3.63, 3.8) is 0 Å². The van der Waals surface area contributed by atoms with E-state index in [2.05, 4.69) is 10.7 Å². The first-order chi connectivity index (χ1) is 9.24. The van der Waals surface area contributed by atoms with Crippen LogP contribution in [0.25, 0.3) is 0 Å². The van der Waals surface area contributed by atoms with Gasteiger partial charge >= 0.3 is 0 Å². The van der Waals surface area contributed by atoms with Gasteiger partial charge in [-0.25, -0.2) is 5.84 Å². The highest BCUT2D eigenvalue weighted by Gasteiger charge is 2.27. The number of hydrogen-bond donors (Lipinski definition) is 4. The molecule has 20 heavy (non-hydrogen) atoms. The zero-order chi connectivity index (χ0) is 15.3. The van der Waals surface area contributed by atoms with Gasteiger partial charge in [-0.2, -0.15) is 0 Å². The van der Waals surface area contributed by atoms with E-state index in [1.165, 1.54) is 12.1 Å². The molecule has 1 rings (SSSR count). The number of aromatic hydroxyl groups is 1. The highest BCUT2D eigenvalue weighted by molar-refractivity contribution is 5.89. The van der Waals surface area contributed by atoms with Crippen molar-refractivity contribution in [3.8, 4) is 5.75 Å². The Morgan fingerprint density at radius 2 is 1.80 bits per heavy atom. The number of hydrogen-bond acceptors (Lipinski definition) is 4. The number of amides is 2. The molecule has 0 fully saturated rings. The lowest BCUT2D eigenvalue weighted by Gasteiger charge is -2.23. The van der Waals surface area contributed by atoms with Gasteiger partial charge in [-0.3, -0.25) is 15.0 Å². The number of carbonyl (C=O) groups excluding carboxylic acids is 2. The Kier molecular flexibility index (Phi) is 5.10. The number of nitrogens with one attached hydrogen (secondary N) is 2. The fourth-order valence-corrected chi connectivity index (χ4v) is 1.55. The van der Waals surface area contributed by atoms with Gasteiger partial charge in [-0.05, 0) is 17.7 Å². The molecular formula is C14H21N3O3. The summed E-state index contributed by atoms with van der Waals surface area (Å²) < 4.78 is 0. The summed E-state index contributed by atoms with van der Waals surface area (Å²) in [5.41, 5.74) is 2.27. The quantitative estimate of drug-likeness (QED) is 0.365. The minimum absolute atomic E-state index is 0.146. The Morgan fingerprint density at radius 3 is 2.25 bits per heavy atom. The predicted molar refractivity (Wildman–Crippen MR) is 75.5 cm³/mol. The van der Waals surface area contributed by atoms with Crippen molar-refractivity contribution >= 4 is 11.8 Å². The smallest absolute Gasteiger partial charge is 0.256 e. The standard InChI is InChI=1S/C14H21N3O3/c1-14(2,3)13(20)16-11(12(19)17-15)8-9-4-6-10(18)7-5-9/h4-7,11,18H,8,15H2,1-3H3,(H,16,20)(H,17,19)/t11-/m0/s1. The fourth-order valence-electron chi connectivity index (χ4n) is 1.55. The van der Waals surface area contributed by atoms with Crippen molar-refractivity contribution in [2.75, 3.05) is 0 Å². The van der Waals surface area contributed by atoms with Crippen LogP contribution in [-0.4, -0.2) is 23.0 Å². The molecule has 1 aromatic carbocycles. The minimum Gasteiger partial charge on any atom is -0.508 e. The van der Waals surface area contributed by atoms with Crippen LogP contribution in [0.15, 0.2) is 24.3 Å². The van der Waals surface area contributed by atoms with Crippen LogP contribution in [0.4, 0.5) is 0 Å². The molecule has 0 saturated carbocycles. The van der Waals surface area contributed by atoms with Crippen molar-refractivity contribution in [1.29, 1.82) is 0 Å². The molecule has 0 aliphatic heterocycles. The molecule has 2 amide bonds. The molecule has 6 heteroatoms. The Bertz CT molecular complexity index is 477. The maximum atomic E-state index is 12.0. The molecule has 5 N–H and O–H groups in total. The Hall–Kier alpha value is -2.08. The van der Waals surface area contributed by atoms with Gasteiger partial charge in [0.05, 0.1) is 0 Å². The van der Waals surface area contributed by atoms with E-state index in [0.717, 1.165) is 5.56 Å². The molecule has 0 spiro atoms. The zero-order valence-corrected chi connectivity index (χ0v) is 11.9. The van der Waals surface area contributed by atoms with Gasteiger partial charge in [0.1, 0.15) is 11.8 Å². The molecule has 0 aliphatic carbocycles. The summed E-state index contributed by atoms with van der Waals surface area (Å²) in [5, 5.41) is 11.9. The van der Waals surface area contributed by atoms with Gasteiger partial charge in [0.15, 0.2) is 0 Å². The van der Waals surface area contributed by atoms with Gasteiger partial charge in [-0.1, -0.05) is 32.9 Å². The van der Waals surface area contributed by atoms with Crippen LogP contribution in [0.1, 0.15) is 26.3 Å². The third-order valence-corrected chi connectivity index (χ3v) is 2.82. The molecular weight excluding hydrogens is 258 g/mol. The fraction of sp³-hybridized carbons (Fsp3) is 0.429. The molecule has 110 valence electrons. The van der Waals surface area contributed by atoms with Gasteiger partial charge in [0.2, 0.25) is 5.91 Å². The average Bonchev–Trinajstić information content (AvgIpc) is 2.38. The van der Waals surface area contributed by atoms with Crippen LogP contribution in [0, 0.1) is 5.41 Å². The zero-order valence-electron chi connectivity index (χ0n) is 11.9. The topological polar surface area (TPSA) is 104 Å². The maximum absolute atomic E-state index is 12.0. The Labute approximate surface area is 118 Å². The molecule has 1 aromatic rings. The summed E-state index contributed by atoms with van der Waals surface area (Å²) in [6, 6.07) is 5.68. The van der Waals surface area contributed by atoms with Crippen molar-refractivity contribution in [1.82, 2.24) is 10.7 Å². The Morgan fingerprint density at radius 1 is 1.25 bits per heavy atom. The van der Waals surface area contributed by atoms with Crippen LogP contribution in [0.2, 0.25) is 0 Å². The first kappa shape index (κ1) is 16.0. The predicted octanol–water partition coefficient (Wildman–Crippen LogP) is 0.456. The van der Waals surface area contributed by atoms with Crippen LogP contribution in [0.5, 0.6) is 5.75 Å². The molecule has 0 heterocycles. The van der Waals surface area contributed by atoms with Crippen molar-refractivity contribution in [3.05, 3.63) is 29.8 Å². The van der Waals surface area contributed by atoms with E-state index < -0.39 is 17.4 Å². The summed E-state index contributed by atoms with van der Waals surface area (Å²) in [6.45, 7) is 5.29. The Balaban J connectivity index is 2.82. The lowest BCUT2D eigenvalue weighted by atomic mass is 9.94. The highest BCUT2D eigenvalue weighted by atomic mass is 16.3. The maximum Gasteiger partial charge on any atom is 0.256 e. The molecule has 0 unspecified atom stereocenters. The van der Waals surface area contributed by atoms with E-state index in [1.54, 1.807) is 32.9 Å². The lowest BCUT2D eigenvalue weighted by Crippen LogP contribution is -2.52. The second kappa shape index (κ2) is 6.38. The summed E-state index contributed by atoms with van der Waals surface area (Å²) >= 11 is 0. The lowest BCUT2D eigenvalue weighted by molar-refractivity contribution is -0.133. The third kappa shape index (κ3) is 4.55. The number of benzene rings is 1. The number of hydrazine groups is 1. The molecule has 0 radical (unpaired) electrons. The van der Waals surface area contributed by atoms with E-state index >= 15 is 0 Å². The summed E-state index contributed by atoms with van der Waals surface area (Å²) in [6.07, 6.45) is 0.297. The van der Waals surface area contributed by atoms with E-state index in [0.29, 0.717) is 6.42 Å². The van der Waals surface area contributed by atoms with Crippen molar-refractivity contribution < 1.29 is 14.7 Å². The number of phenols is 1. The normalized spacial score (nSPS) is 12.6.